The van der Waals surface area contributed by atoms with E-state index in [0.717, 1.165) is 0 Å². The Bertz CT molecular complexity index is 1110. The van der Waals surface area contributed by atoms with E-state index in [1.807, 2.05) is 0 Å². The zero-order valence-electron chi connectivity index (χ0n) is 19.6. The van der Waals surface area contributed by atoms with Gasteiger partial charge >= 0.3 is 5.97 Å². The Kier molecular flexibility index (Phi) is 4.99. The number of aliphatic hydroxyl groups excluding tert-OH is 1. The number of nitrogens with zero attached hydrogens (tertiary/aromatic N) is 1. The number of aliphatic hydroxyl groups is 2. The highest BCUT2D eigenvalue weighted by Crippen LogP contribution is 2.70. The molecule has 0 bridgehead atoms. The van der Waals surface area contributed by atoms with Crippen LogP contribution in [0.5, 0.6) is 0 Å². The van der Waals surface area contributed by atoms with Gasteiger partial charge in [-0.3, -0.25) is 9.59 Å². The van der Waals surface area contributed by atoms with Crippen LogP contribution in [0.15, 0.2) is 41.1 Å². The summed E-state index contributed by atoms with van der Waals surface area (Å²) >= 11 is 0. The van der Waals surface area contributed by atoms with E-state index in [4.69, 9.17) is 4.74 Å². The molecular formula is C26H30FNO6. The normalized spacial score (nSPS) is 46.5. The van der Waals surface area contributed by atoms with Crippen molar-refractivity contribution in [3.05, 3.63) is 36.1 Å². The molecular weight excluding hydrogens is 441 g/mol. The molecule has 34 heavy (non-hydrogen) atoms. The summed E-state index contributed by atoms with van der Waals surface area (Å²) in [6.07, 6.45) is 7.08. The van der Waals surface area contributed by atoms with Crippen molar-refractivity contribution in [2.45, 2.75) is 63.8 Å². The lowest BCUT2D eigenvalue weighted by Gasteiger charge is -2.62. The zero-order chi connectivity index (χ0) is 24.7. The molecule has 5 aliphatic rings. The molecule has 2 N–H and O–H groups in total. The number of aliphatic imine (C=N–C) groups is 1. The SMILES string of the molecule is C[C@@H]1C[C@H]2[C@@H]3CCC4=CC(=O)C=C[C@]4(C)[C@@]3(F)[C@@H](O)C[C@]2(C)[C@@]1(O)C(=O)COC(=O)C1=NC=C1. The molecule has 0 aromatic carbocycles. The van der Waals surface area contributed by atoms with Crippen LogP contribution in [0, 0.1) is 28.6 Å². The third-order valence-corrected chi connectivity index (χ3v) is 9.64. The first kappa shape index (κ1) is 23.3. The van der Waals surface area contributed by atoms with Crippen LogP contribution in [0.25, 0.3) is 0 Å². The number of ether oxygens (including phenoxy) is 1. The number of esters is 1. The van der Waals surface area contributed by atoms with Crippen molar-refractivity contribution in [3.8, 4) is 0 Å². The van der Waals surface area contributed by atoms with Gasteiger partial charge in [-0.1, -0.05) is 25.5 Å². The summed E-state index contributed by atoms with van der Waals surface area (Å²) in [4.78, 5) is 41.0. The van der Waals surface area contributed by atoms with E-state index in [0.29, 0.717) is 24.8 Å². The molecule has 3 saturated carbocycles. The molecule has 0 spiro atoms. The van der Waals surface area contributed by atoms with Crippen LogP contribution >= 0.6 is 0 Å². The molecule has 8 heteroatoms. The van der Waals surface area contributed by atoms with Gasteiger partial charge in [0.15, 0.2) is 18.1 Å². The molecule has 8 atom stereocenters. The Hall–Kier alpha value is -2.45. The number of alkyl halides is 1. The Balaban J connectivity index is 1.47. The molecule has 1 heterocycles. The molecule has 0 aromatic rings. The molecule has 182 valence electrons. The van der Waals surface area contributed by atoms with Gasteiger partial charge < -0.3 is 14.9 Å². The van der Waals surface area contributed by atoms with Crippen molar-refractivity contribution in [1.82, 2.24) is 0 Å². The quantitative estimate of drug-likeness (QED) is 0.609. The van der Waals surface area contributed by atoms with Crippen molar-refractivity contribution >= 4 is 23.2 Å². The lowest BCUT2D eigenvalue weighted by molar-refractivity contribution is -0.219. The van der Waals surface area contributed by atoms with Gasteiger partial charge in [0, 0.05) is 22.9 Å². The van der Waals surface area contributed by atoms with E-state index in [2.05, 4.69) is 4.99 Å². The summed E-state index contributed by atoms with van der Waals surface area (Å²) in [6.45, 7) is 4.61. The second kappa shape index (κ2) is 7.28. The molecule has 7 nitrogen and oxygen atoms in total. The van der Waals surface area contributed by atoms with Crippen LogP contribution in [0.1, 0.15) is 46.5 Å². The minimum Gasteiger partial charge on any atom is -0.453 e. The van der Waals surface area contributed by atoms with Crippen LogP contribution in [0.2, 0.25) is 0 Å². The Morgan fingerprint density at radius 2 is 1.97 bits per heavy atom. The molecule has 0 saturated heterocycles. The molecule has 3 fully saturated rings. The van der Waals surface area contributed by atoms with Gasteiger partial charge in [-0.25, -0.2) is 14.2 Å². The van der Waals surface area contributed by atoms with Gasteiger partial charge in [-0.2, -0.15) is 0 Å². The molecule has 0 unspecified atom stereocenters. The number of fused-ring (bicyclic) bond motifs is 5. The third kappa shape index (κ3) is 2.69. The number of Topliss-reactive ketones (excluding diaryl/α,β-unsaturated/α-hetero) is 1. The molecule has 5 rings (SSSR count). The summed E-state index contributed by atoms with van der Waals surface area (Å²) in [5.74, 6) is -3.07. The number of ketones is 2. The van der Waals surface area contributed by atoms with Crippen molar-refractivity contribution in [1.29, 1.82) is 0 Å². The molecule has 0 amide bonds. The summed E-state index contributed by atoms with van der Waals surface area (Å²) in [5.41, 5.74) is -5.36. The largest absolute Gasteiger partial charge is 0.453 e. The average Bonchev–Trinajstić information content (AvgIpc) is 2.94. The number of hydrogen-bond acceptors (Lipinski definition) is 7. The van der Waals surface area contributed by atoms with Crippen molar-refractivity contribution in [2.24, 2.45) is 33.6 Å². The van der Waals surface area contributed by atoms with Crippen LogP contribution in [-0.4, -0.2) is 57.4 Å². The standard InChI is InChI=1S/C26H30FNO6/c1-14-10-18-17-5-4-15-11-16(29)6-8-23(15,2)25(17,27)20(30)12-24(18,3)26(14,33)21(31)13-34-22(32)19-7-9-28-19/h6-9,11,14,17-18,20,30,33H,4-5,10,12-13H2,1-3H3/t14-,17+,18+,20+,23+,24+,25+,26+/m1/s1. The van der Waals surface area contributed by atoms with E-state index in [9.17, 15) is 24.6 Å². The Morgan fingerprint density at radius 1 is 1.26 bits per heavy atom. The maximum absolute atomic E-state index is 17.1. The van der Waals surface area contributed by atoms with E-state index < -0.39 is 58.4 Å². The fourth-order valence-electron chi connectivity index (χ4n) is 7.73. The fourth-order valence-corrected chi connectivity index (χ4v) is 7.73. The summed E-state index contributed by atoms with van der Waals surface area (Å²) < 4.78 is 22.2. The number of rotatable bonds is 4. The van der Waals surface area contributed by atoms with Crippen LogP contribution in [-0.2, 0) is 19.1 Å². The molecule has 0 aromatic heterocycles. The maximum Gasteiger partial charge on any atom is 0.357 e. The van der Waals surface area contributed by atoms with Gasteiger partial charge in [-0.15, -0.1) is 0 Å². The van der Waals surface area contributed by atoms with Gasteiger partial charge in [-0.05, 0) is 62.7 Å². The summed E-state index contributed by atoms with van der Waals surface area (Å²) in [6, 6.07) is 0. The first-order valence-electron chi connectivity index (χ1n) is 11.9. The third-order valence-electron chi connectivity index (χ3n) is 9.64. The topological polar surface area (TPSA) is 113 Å². The van der Waals surface area contributed by atoms with Crippen molar-refractivity contribution in [3.63, 3.8) is 0 Å². The van der Waals surface area contributed by atoms with Crippen molar-refractivity contribution < 1.29 is 33.7 Å². The Morgan fingerprint density at radius 3 is 2.62 bits per heavy atom. The number of hydrogen-bond donors (Lipinski definition) is 2. The molecule has 4 aliphatic carbocycles. The highest BCUT2D eigenvalue weighted by atomic mass is 19.1. The predicted octanol–water partition coefficient (Wildman–Crippen LogP) is 2.41. The number of carbonyl (C=O) groups is 3. The predicted molar refractivity (Wildman–Crippen MR) is 120 cm³/mol. The summed E-state index contributed by atoms with van der Waals surface area (Å²) in [5, 5.41) is 23.2. The van der Waals surface area contributed by atoms with Crippen LogP contribution in [0.4, 0.5) is 4.39 Å². The molecule has 0 radical (unpaired) electrons. The van der Waals surface area contributed by atoms with Gasteiger partial charge in [0.2, 0.25) is 5.78 Å². The summed E-state index contributed by atoms with van der Waals surface area (Å²) in [7, 11) is 0. The maximum atomic E-state index is 17.1. The van der Waals surface area contributed by atoms with Gasteiger partial charge in [0.25, 0.3) is 0 Å². The van der Waals surface area contributed by atoms with E-state index >= 15 is 4.39 Å². The van der Waals surface area contributed by atoms with Gasteiger partial charge in [0.1, 0.15) is 11.3 Å². The minimum atomic E-state index is -2.03. The first-order chi connectivity index (χ1) is 15.9. The first-order valence-corrected chi connectivity index (χ1v) is 11.9. The fraction of sp³-hybridized carbons (Fsp3) is 0.615. The number of carbonyl (C=O) groups excluding carboxylic acids is 3. The van der Waals surface area contributed by atoms with Crippen LogP contribution in [0.3, 0.4) is 0 Å². The zero-order valence-corrected chi connectivity index (χ0v) is 19.6. The smallest absolute Gasteiger partial charge is 0.357 e. The second-order valence-electron chi connectivity index (χ2n) is 11.0. The minimum absolute atomic E-state index is 0.108. The molecule has 1 aliphatic heterocycles. The Labute approximate surface area is 197 Å². The van der Waals surface area contributed by atoms with E-state index in [-0.39, 0.29) is 23.8 Å². The lowest BCUT2D eigenvalue weighted by Crippen LogP contribution is -2.69. The van der Waals surface area contributed by atoms with Crippen LogP contribution < -0.4 is 0 Å². The number of allylic oxidation sites excluding steroid dienone is 4. The lowest BCUT2D eigenvalue weighted by atomic mass is 9.44. The van der Waals surface area contributed by atoms with E-state index in [1.165, 1.54) is 24.4 Å². The van der Waals surface area contributed by atoms with Crippen molar-refractivity contribution in [2.75, 3.05) is 6.61 Å². The highest BCUT2D eigenvalue weighted by molar-refractivity contribution is 6.43. The second-order valence-corrected chi connectivity index (χ2v) is 11.0. The monoisotopic (exact) mass is 471 g/mol. The number of halogens is 1. The average molecular weight is 472 g/mol. The van der Waals surface area contributed by atoms with E-state index in [1.54, 1.807) is 26.8 Å². The van der Waals surface area contributed by atoms with Gasteiger partial charge in [0.05, 0.1) is 6.10 Å². The highest BCUT2D eigenvalue weighted by Gasteiger charge is 2.75.